The number of thiophene rings is 1. The first-order valence-electron chi connectivity index (χ1n) is 13.6. The van der Waals surface area contributed by atoms with Gasteiger partial charge in [0.15, 0.2) is 0 Å². The highest BCUT2D eigenvalue weighted by molar-refractivity contribution is 7.21. The first-order valence-corrected chi connectivity index (χ1v) is 14.8. The summed E-state index contributed by atoms with van der Waals surface area (Å²) in [5.74, 6) is -0.0499. The number of hydrogen-bond acceptors (Lipinski definition) is 5. The van der Waals surface area contributed by atoms with Crippen LogP contribution in [-0.2, 0) is 11.3 Å². The molecule has 6 nitrogen and oxygen atoms in total. The van der Waals surface area contributed by atoms with E-state index in [1.807, 2.05) is 68.3 Å². The second-order valence-electron chi connectivity index (χ2n) is 11.3. The number of alkyl carbamates (subject to hydrolysis) is 1. The van der Waals surface area contributed by atoms with Crippen molar-refractivity contribution in [3.63, 3.8) is 0 Å². The van der Waals surface area contributed by atoms with E-state index >= 15 is 0 Å². The number of hydrogen-bond donors (Lipinski definition) is 1. The number of ether oxygens (including phenoxy) is 1. The predicted molar refractivity (Wildman–Crippen MR) is 162 cm³/mol. The minimum Gasteiger partial charge on any atom is -0.444 e. The lowest BCUT2D eigenvalue weighted by Crippen LogP contribution is -2.46. The van der Waals surface area contributed by atoms with Gasteiger partial charge in [-0.15, -0.1) is 11.3 Å². The van der Waals surface area contributed by atoms with Crippen molar-refractivity contribution in [2.24, 2.45) is 0 Å². The number of carbonyl (C=O) groups excluding carboxylic acids is 2. The van der Waals surface area contributed by atoms with Gasteiger partial charge in [-0.2, -0.15) is 0 Å². The van der Waals surface area contributed by atoms with Crippen molar-refractivity contribution >= 4 is 45.0 Å². The van der Waals surface area contributed by atoms with Gasteiger partial charge in [-0.3, -0.25) is 9.78 Å². The maximum Gasteiger partial charge on any atom is 0.407 e. The molecule has 1 N–H and O–H groups in total. The van der Waals surface area contributed by atoms with Crippen LogP contribution in [0.5, 0.6) is 0 Å². The van der Waals surface area contributed by atoms with Gasteiger partial charge in [-0.25, -0.2) is 4.79 Å². The Bertz CT molecular complexity index is 1470. The molecule has 1 aliphatic rings. The summed E-state index contributed by atoms with van der Waals surface area (Å²) in [4.78, 5) is 33.2. The highest BCUT2D eigenvalue weighted by atomic mass is 35.5. The monoisotopic (exact) mass is 575 g/mol. The fourth-order valence-electron chi connectivity index (χ4n) is 5.19. The van der Waals surface area contributed by atoms with E-state index in [4.69, 9.17) is 16.3 Å². The third kappa shape index (κ3) is 6.65. The molecule has 40 heavy (non-hydrogen) atoms. The molecule has 5 rings (SSSR count). The molecule has 0 radical (unpaired) electrons. The molecule has 0 bridgehead atoms. The van der Waals surface area contributed by atoms with Crippen LogP contribution in [0, 0.1) is 0 Å². The molecule has 2 amide bonds. The highest BCUT2D eigenvalue weighted by Crippen LogP contribution is 2.37. The van der Waals surface area contributed by atoms with E-state index in [9.17, 15) is 9.59 Å². The van der Waals surface area contributed by atoms with Crippen LogP contribution in [0.3, 0.4) is 0 Å². The van der Waals surface area contributed by atoms with Crippen molar-refractivity contribution in [1.29, 1.82) is 0 Å². The van der Waals surface area contributed by atoms with Crippen molar-refractivity contribution in [3.8, 4) is 11.1 Å². The molecule has 0 spiro atoms. The molecule has 0 unspecified atom stereocenters. The Morgan fingerprint density at radius 3 is 2.38 bits per heavy atom. The van der Waals surface area contributed by atoms with E-state index in [0.717, 1.165) is 52.5 Å². The number of benzene rings is 2. The van der Waals surface area contributed by atoms with Crippen LogP contribution in [0.1, 0.15) is 61.7 Å². The van der Waals surface area contributed by atoms with Gasteiger partial charge in [0.1, 0.15) is 10.5 Å². The Hall–Kier alpha value is -3.42. The zero-order valence-corrected chi connectivity index (χ0v) is 24.6. The second kappa shape index (κ2) is 12.0. The number of carbonyl (C=O) groups is 2. The van der Waals surface area contributed by atoms with Crippen LogP contribution in [0.15, 0.2) is 73.1 Å². The van der Waals surface area contributed by atoms with Crippen LogP contribution in [-0.4, -0.2) is 39.6 Å². The van der Waals surface area contributed by atoms with E-state index in [0.29, 0.717) is 16.4 Å². The Kier molecular flexibility index (Phi) is 8.43. The summed E-state index contributed by atoms with van der Waals surface area (Å²) in [5.41, 5.74) is 2.64. The van der Waals surface area contributed by atoms with E-state index in [1.54, 1.807) is 6.20 Å². The first-order chi connectivity index (χ1) is 19.2. The van der Waals surface area contributed by atoms with Crippen LogP contribution < -0.4 is 5.32 Å². The molecule has 2 aromatic heterocycles. The van der Waals surface area contributed by atoms with Gasteiger partial charge < -0.3 is 15.0 Å². The van der Waals surface area contributed by atoms with Crippen LogP contribution >= 0.6 is 22.9 Å². The lowest BCUT2D eigenvalue weighted by atomic mass is 9.89. The quantitative estimate of drug-likeness (QED) is 0.252. The molecular weight excluding hydrogens is 542 g/mol. The average molecular weight is 576 g/mol. The van der Waals surface area contributed by atoms with Crippen LogP contribution in [0.4, 0.5) is 4.79 Å². The maximum absolute atomic E-state index is 14.1. The van der Waals surface area contributed by atoms with Crippen molar-refractivity contribution < 1.29 is 14.3 Å². The highest BCUT2D eigenvalue weighted by Gasteiger charge is 2.32. The Labute approximate surface area is 244 Å². The number of aromatic nitrogens is 1. The van der Waals surface area contributed by atoms with Gasteiger partial charge in [-0.05, 0) is 75.3 Å². The molecule has 2 aromatic carbocycles. The fraction of sp³-hybridized carbons (Fsp3) is 0.344. The summed E-state index contributed by atoms with van der Waals surface area (Å²) < 4.78 is 6.44. The van der Waals surface area contributed by atoms with Gasteiger partial charge in [0.25, 0.3) is 5.91 Å². The molecule has 208 valence electrons. The summed E-state index contributed by atoms with van der Waals surface area (Å²) in [6.45, 7) is 6.05. The van der Waals surface area contributed by atoms with E-state index in [2.05, 4.69) is 34.6 Å². The molecule has 0 aliphatic heterocycles. The zero-order chi connectivity index (χ0) is 28.3. The summed E-state index contributed by atoms with van der Waals surface area (Å²) in [5, 5.41) is 4.43. The van der Waals surface area contributed by atoms with Crippen molar-refractivity contribution in [2.45, 2.75) is 70.7 Å². The fourth-order valence-corrected chi connectivity index (χ4v) is 6.66. The third-order valence-corrected chi connectivity index (χ3v) is 8.81. The summed E-state index contributed by atoms with van der Waals surface area (Å²) in [6.07, 6.45) is 6.32. The zero-order valence-electron chi connectivity index (χ0n) is 23.0. The number of amides is 2. The lowest BCUT2D eigenvalue weighted by molar-refractivity contribution is 0.0454. The van der Waals surface area contributed by atoms with Gasteiger partial charge in [-0.1, -0.05) is 60.1 Å². The number of nitrogens with one attached hydrogen (secondary N) is 1. The van der Waals surface area contributed by atoms with Gasteiger partial charge in [0, 0.05) is 41.1 Å². The molecule has 1 aliphatic carbocycles. The molecule has 2 heterocycles. The molecule has 1 fully saturated rings. The Morgan fingerprint density at radius 1 is 1.00 bits per heavy atom. The lowest BCUT2D eigenvalue weighted by Gasteiger charge is -2.37. The number of halogens is 1. The molecule has 0 atom stereocenters. The van der Waals surface area contributed by atoms with Crippen molar-refractivity contribution in [2.75, 3.05) is 0 Å². The normalized spacial score (nSPS) is 17.4. The topological polar surface area (TPSA) is 71.5 Å². The third-order valence-electron chi connectivity index (χ3n) is 7.15. The van der Waals surface area contributed by atoms with E-state index < -0.39 is 11.7 Å². The Balaban J connectivity index is 1.35. The molecule has 4 aromatic rings. The van der Waals surface area contributed by atoms with Crippen molar-refractivity contribution in [3.05, 3.63) is 88.5 Å². The minimum atomic E-state index is -0.541. The van der Waals surface area contributed by atoms with Gasteiger partial charge in [0.05, 0.1) is 5.02 Å². The van der Waals surface area contributed by atoms with E-state index in [1.165, 1.54) is 11.3 Å². The van der Waals surface area contributed by atoms with Gasteiger partial charge in [0.2, 0.25) is 0 Å². The summed E-state index contributed by atoms with van der Waals surface area (Å²) in [6, 6.07) is 20.2. The summed E-state index contributed by atoms with van der Waals surface area (Å²) in [7, 11) is 0. The van der Waals surface area contributed by atoms with Gasteiger partial charge >= 0.3 is 6.09 Å². The van der Waals surface area contributed by atoms with E-state index in [-0.39, 0.29) is 18.0 Å². The molecule has 1 saturated carbocycles. The molecule has 0 saturated heterocycles. The SMILES string of the molecule is CC(C)(C)OC(=O)NC1CCC(N(Cc2ccc(-c3cccnc3)cc2)C(=O)c2sc3ccccc3c2Cl)CC1. The Morgan fingerprint density at radius 2 is 1.73 bits per heavy atom. The van der Waals surface area contributed by atoms with Crippen LogP contribution in [0.25, 0.3) is 21.2 Å². The molecular formula is C32H34ClN3O3S. The largest absolute Gasteiger partial charge is 0.444 e. The first kappa shape index (κ1) is 28.1. The standard InChI is InChI=1S/C32H34ClN3O3S/c1-32(2,3)39-31(38)35-24-14-16-25(17-15-24)36(30(37)29-28(33)26-8-4-5-9-27(26)40-29)20-21-10-12-22(13-11-21)23-7-6-18-34-19-23/h4-13,18-19,24-25H,14-17,20H2,1-3H3,(H,35,38). The molecule has 8 heteroatoms. The second-order valence-corrected chi connectivity index (χ2v) is 12.7. The number of pyridine rings is 1. The number of fused-ring (bicyclic) bond motifs is 1. The van der Waals surface area contributed by atoms with Crippen molar-refractivity contribution in [1.82, 2.24) is 15.2 Å². The average Bonchev–Trinajstić information content (AvgIpc) is 3.28. The summed E-state index contributed by atoms with van der Waals surface area (Å²) >= 11 is 8.20. The number of nitrogens with zero attached hydrogens (tertiary/aromatic N) is 2. The smallest absolute Gasteiger partial charge is 0.407 e. The maximum atomic E-state index is 14.1. The number of rotatable bonds is 6. The van der Waals surface area contributed by atoms with Crippen LogP contribution in [0.2, 0.25) is 5.02 Å². The predicted octanol–water partition coefficient (Wildman–Crippen LogP) is 8.10. The minimum absolute atomic E-state index is 0.0229.